The molecule has 1 fully saturated rings. The Morgan fingerprint density at radius 2 is 2.41 bits per heavy atom. The summed E-state index contributed by atoms with van der Waals surface area (Å²) < 4.78 is 5.11. The van der Waals surface area contributed by atoms with Gasteiger partial charge >= 0.3 is 0 Å². The van der Waals surface area contributed by atoms with E-state index in [4.69, 9.17) is 10.5 Å². The van der Waals surface area contributed by atoms with Gasteiger partial charge in [0.2, 0.25) is 5.88 Å². The van der Waals surface area contributed by atoms with Crippen molar-refractivity contribution in [1.82, 2.24) is 9.88 Å². The second-order valence-corrected chi connectivity index (χ2v) is 4.08. The van der Waals surface area contributed by atoms with Gasteiger partial charge in [-0.1, -0.05) is 0 Å². The minimum absolute atomic E-state index is 0.0390. The predicted octanol–water partition coefficient (Wildman–Crippen LogP) is 0.654. The number of nitrogens with two attached hydrogens (primary N) is 1. The molecular weight excluding hydrogens is 218 g/mol. The minimum atomic E-state index is -0.0390. The molecule has 2 N–H and O–H groups in total. The molecule has 0 aliphatic heterocycles. The van der Waals surface area contributed by atoms with Crippen LogP contribution in [0.4, 0.5) is 0 Å². The summed E-state index contributed by atoms with van der Waals surface area (Å²) in [6, 6.07) is 3.82. The molecule has 0 radical (unpaired) electrons. The minimum Gasteiger partial charge on any atom is -0.480 e. The fourth-order valence-electron chi connectivity index (χ4n) is 1.85. The molecule has 0 saturated heterocycles. The van der Waals surface area contributed by atoms with Gasteiger partial charge in [0.1, 0.15) is 5.56 Å². The van der Waals surface area contributed by atoms with Crippen molar-refractivity contribution in [3.8, 4) is 5.88 Å². The highest BCUT2D eigenvalue weighted by Gasteiger charge is 2.33. The number of ether oxygens (including phenoxy) is 1. The molecule has 1 saturated carbocycles. The molecule has 0 unspecified atom stereocenters. The molecule has 0 atom stereocenters. The molecule has 5 heteroatoms. The molecule has 2 rings (SSSR count). The summed E-state index contributed by atoms with van der Waals surface area (Å²) in [7, 11) is 1.52. The second-order valence-electron chi connectivity index (χ2n) is 4.08. The van der Waals surface area contributed by atoms with Crippen molar-refractivity contribution in [2.24, 2.45) is 5.73 Å². The molecule has 17 heavy (non-hydrogen) atoms. The van der Waals surface area contributed by atoms with Crippen LogP contribution in [0, 0.1) is 0 Å². The van der Waals surface area contributed by atoms with E-state index in [0.29, 0.717) is 30.6 Å². The van der Waals surface area contributed by atoms with Crippen molar-refractivity contribution >= 4 is 5.91 Å². The van der Waals surface area contributed by atoms with E-state index < -0.39 is 0 Å². The number of nitrogens with zero attached hydrogens (tertiary/aromatic N) is 2. The first kappa shape index (κ1) is 11.9. The number of aromatic nitrogens is 1. The average Bonchev–Trinajstić information content (AvgIpc) is 3.19. The van der Waals surface area contributed by atoms with Gasteiger partial charge < -0.3 is 15.4 Å². The first-order valence-corrected chi connectivity index (χ1v) is 5.78. The first-order valence-electron chi connectivity index (χ1n) is 5.78. The van der Waals surface area contributed by atoms with Crippen LogP contribution in [0.2, 0.25) is 0 Å². The molecule has 92 valence electrons. The maximum atomic E-state index is 12.3. The lowest BCUT2D eigenvalue weighted by molar-refractivity contribution is 0.0744. The van der Waals surface area contributed by atoms with Crippen LogP contribution >= 0.6 is 0 Å². The van der Waals surface area contributed by atoms with Crippen molar-refractivity contribution < 1.29 is 9.53 Å². The number of carbonyl (C=O) groups is 1. The average molecular weight is 235 g/mol. The summed E-state index contributed by atoms with van der Waals surface area (Å²) in [5.74, 6) is 0.336. The normalized spacial score (nSPS) is 14.5. The monoisotopic (exact) mass is 235 g/mol. The highest BCUT2D eigenvalue weighted by molar-refractivity contribution is 5.96. The van der Waals surface area contributed by atoms with Crippen molar-refractivity contribution in [3.05, 3.63) is 23.9 Å². The van der Waals surface area contributed by atoms with Gasteiger partial charge in [-0.2, -0.15) is 0 Å². The zero-order valence-corrected chi connectivity index (χ0v) is 9.93. The summed E-state index contributed by atoms with van der Waals surface area (Å²) >= 11 is 0. The van der Waals surface area contributed by atoms with Crippen molar-refractivity contribution in [2.45, 2.75) is 18.9 Å². The van der Waals surface area contributed by atoms with Gasteiger partial charge in [0, 0.05) is 25.3 Å². The van der Waals surface area contributed by atoms with Gasteiger partial charge in [0.15, 0.2) is 0 Å². The van der Waals surface area contributed by atoms with Crippen molar-refractivity contribution in [1.29, 1.82) is 0 Å². The number of hydrogen-bond donors (Lipinski definition) is 1. The summed E-state index contributed by atoms with van der Waals surface area (Å²) in [4.78, 5) is 18.2. The lowest BCUT2D eigenvalue weighted by Gasteiger charge is -2.22. The summed E-state index contributed by atoms with van der Waals surface area (Å²) in [6.07, 6.45) is 3.74. The molecule has 1 heterocycles. The Kier molecular flexibility index (Phi) is 3.58. The molecule has 0 aromatic carbocycles. The number of pyridine rings is 1. The standard InChI is InChI=1S/C12H17N3O2/c1-17-11-10(3-2-7-14-11)12(16)15(8-6-13)9-4-5-9/h2-3,7,9H,4-6,8,13H2,1H3. The molecule has 0 spiro atoms. The maximum Gasteiger partial charge on any atom is 0.259 e. The van der Waals surface area contributed by atoms with E-state index in [0.717, 1.165) is 12.8 Å². The van der Waals surface area contributed by atoms with Crippen LogP contribution in [-0.2, 0) is 0 Å². The number of rotatable bonds is 5. The van der Waals surface area contributed by atoms with E-state index in [1.807, 2.05) is 4.90 Å². The molecule has 1 aliphatic carbocycles. The Bertz CT molecular complexity index is 404. The first-order chi connectivity index (χ1) is 8.27. The van der Waals surface area contributed by atoms with Crippen LogP contribution in [0.1, 0.15) is 23.2 Å². The SMILES string of the molecule is COc1ncccc1C(=O)N(CCN)C1CC1. The number of methoxy groups -OCH3 is 1. The van der Waals surface area contributed by atoms with E-state index in [2.05, 4.69) is 4.98 Å². The van der Waals surface area contributed by atoms with Gasteiger partial charge in [-0.3, -0.25) is 4.79 Å². The third-order valence-electron chi connectivity index (χ3n) is 2.81. The molecule has 1 aromatic rings. The third-order valence-corrected chi connectivity index (χ3v) is 2.81. The molecular formula is C12H17N3O2. The molecule has 1 aromatic heterocycles. The van der Waals surface area contributed by atoms with E-state index >= 15 is 0 Å². The fraction of sp³-hybridized carbons (Fsp3) is 0.500. The van der Waals surface area contributed by atoms with Crippen LogP contribution in [0.3, 0.4) is 0 Å². The number of amides is 1. The van der Waals surface area contributed by atoms with Crippen molar-refractivity contribution in [2.75, 3.05) is 20.2 Å². The molecule has 0 bridgehead atoms. The number of hydrogen-bond acceptors (Lipinski definition) is 4. The summed E-state index contributed by atoms with van der Waals surface area (Å²) in [5.41, 5.74) is 6.05. The Morgan fingerprint density at radius 3 is 3.00 bits per heavy atom. The van der Waals surface area contributed by atoms with E-state index in [1.54, 1.807) is 18.3 Å². The summed E-state index contributed by atoms with van der Waals surface area (Å²) in [5, 5.41) is 0. The molecule has 1 amide bonds. The van der Waals surface area contributed by atoms with Gasteiger partial charge in [-0.15, -0.1) is 0 Å². The predicted molar refractivity (Wildman–Crippen MR) is 63.9 cm³/mol. The molecule has 1 aliphatic rings. The maximum absolute atomic E-state index is 12.3. The highest BCUT2D eigenvalue weighted by Crippen LogP contribution is 2.29. The highest BCUT2D eigenvalue weighted by atomic mass is 16.5. The van der Waals surface area contributed by atoms with E-state index in [9.17, 15) is 4.79 Å². The van der Waals surface area contributed by atoms with Gasteiger partial charge in [0.05, 0.1) is 7.11 Å². The Labute approximate surface area is 101 Å². The van der Waals surface area contributed by atoms with E-state index in [-0.39, 0.29) is 5.91 Å². The topological polar surface area (TPSA) is 68.5 Å². The Balaban J connectivity index is 2.21. The van der Waals surface area contributed by atoms with Crippen LogP contribution < -0.4 is 10.5 Å². The van der Waals surface area contributed by atoms with Crippen LogP contribution in [0.5, 0.6) is 5.88 Å². The van der Waals surface area contributed by atoms with Gasteiger partial charge in [-0.05, 0) is 25.0 Å². The quantitative estimate of drug-likeness (QED) is 0.813. The second kappa shape index (κ2) is 5.14. The zero-order valence-electron chi connectivity index (χ0n) is 9.93. The molecule has 5 nitrogen and oxygen atoms in total. The summed E-state index contributed by atoms with van der Waals surface area (Å²) in [6.45, 7) is 1.06. The zero-order chi connectivity index (χ0) is 12.3. The van der Waals surface area contributed by atoms with Crippen LogP contribution in [0.25, 0.3) is 0 Å². The van der Waals surface area contributed by atoms with Gasteiger partial charge in [0.25, 0.3) is 5.91 Å². The largest absolute Gasteiger partial charge is 0.480 e. The lowest BCUT2D eigenvalue weighted by Crippen LogP contribution is -2.37. The lowest BCUT2D eigenvalue weighted by atomic mass is 10.2. The third kappa shape index (κ3) is 2.55. The van der Waals surface area contributed by atoms with Crippen LogP contribution in [-0.4, -0.2) is 42.0 Å². The Hall–Kier alpha value is -1.62. The Morgan fingerprint density at radius 1 is 1.65 bits per heavy atom. The smallest absolute Gasteiger partial charge is 0.259 e. The van der Waals surface area contributed by atoms with Gasteiger partial charge in [-0.25, -0.2) is 4.98 Å². The fourth-order valence-corrected chi connectivity index (χ4v) is 1.85. The number of carbonyl (C=O) groups excluding carboxylic acids is 1. The van der Waals surface area contributed by atoms with E-state index in [1.165, 1.54) is 7.11 Å². The van der Waals surface area contributed by atoms with Crippen molar-refractivity contribution in [3.63, 3.8) is 0 Å². The van der Waals surface area contributed by atoms with Crippen LogP contribution in [0.15, 0.2) is 18.3 Å².